The first-order valence-electron chi connectivity index (χ1n) is 6.84. The van der Waals surface area contributed by atoms with Crippen molar-refractivity contribution < 1.29 is 9.53 Å². The zero-order chi connectivity index (χ0) is 15.1. The normalized spacial score (nSPS) is 12.3. The molecule has 0 saturated carbocycles. The summed E-state index contributed by atoms with van der Waals surface area (Å²) in [6.45, 7) is 6.82. The Kier molecular flexibility index (Phi) is 7.02. The number of amides is 1. The number of halogens is 1. The summed E-state index contributed by atoms with van der Waals surface area (Å²) in [6.07, 6.45) is 0.966. The molecule has 0 saturated heterocycles. The molecular weight excluding hydrogens is 320 g/mol. The van der Waals surface area contributed by atoms with E-state index in [1.165, 1.54) is 0 Å². The lowest BCUT2D eigenvalue weighted by Gasteiger charge is -2.14. The molecule has 0 bridgehead atoms. The van der Waals surface area contributed by atoms with Crippen LogP contribution in [0.5, 0.6) is 5.75 Å². The summed E-state index contributed by atoms with van der Waals surface area (Å²) in [5, 5.41) is 2.84. The SMILES string of the molecule is CC(C)CCNC(=O)COc1cc(Br)ccc1C(C)N. The zero-order valence-electron chi connectivity index (χ0n) is 12.3. The van der Waals surface area contributed by atoms with Crippen LogP contribution in [0.1, 0.15) is 38.8 Å². The predicted molar refractivity (Wildman–Crippen MR) is 84.7 cm³/mol. The molecule has 0 aliphatic heterocycles. The molecule has 3 N–H and O–H groups in total. The highest BCUT2D eigenvalue weighted by Gasteiger charge is 2.10. The Morgan fingerprint density at radius 3 is 2.70 bits per heavy atom. The molecule has 0 spiro atoms. The van der Waals surface area contributed by atoms with Crippen LogP contribution >= 0.6 is 15.9 Å². The minimum atomic E-state index is -0.137. The molecule has 112 valence electrons. The topological polar surface area (TPSA) is 64.3 Å². The molecule has 0 aliphatic carbocycles. The first kappa shape index (κ1) is 17.0. The Morgan fingerprint density at radius 1 is 1.40 bits per heavy atom. The van der Waals surface area contributed by atoms with Gasteiger partial charge in [-0.2, -0.15) is 0 Å². The van der Waals surface area contributed by atoms with E-state index in [0.717, 1.165) is 16.5 Å². The lowest BCUT2D eigenvalue weighted by molar-refractivity contribution is -0.123. The first-order chi connectivity index (χ1) is 9.40. The van der Waals surface area contributed by atoms with E-state index in [1.54, 1.807) is 0 Å². The number of carbonyl (C=O) groups is 1. The van der Waals surface area contributed by atoms with E-state index in [9.17, 15) is 4.79 Å². The van der Waals surface area contributed by atoms with E-state index in [2.05, 4.69) is 35.1 Å². The van der Waals surface area contributed by atoms with Crippen LogP contribution in [0.15, 0.2) is 22.7 Å². The predicted octanol–water partition coefficient (Wildman–Crippen LogP) is 3.01. The molecule has 0 heterocycles. The number of hydrogen-bond donors (Lipinski definition) is 2. The third-order valence-corrected chi connectivity index (χ3v) is 3.36. The van der Waals surface area contributed by atoms with Crippen LogP contribution in [0.4, 0.5) is 0 Å². The van der Waals surface area contributed by atoms with Gasteiger partial charge in [0.15, 0.2) is 6.61 Å². The number of benzene rings is 1. The fraction of sp³-hybridized carbons (Fsp3) is 0.533. The van der Waals surface area contributed by atoms with Crippen molar-refractivity contribution in [2.45, 2.75) is 33.2 Å². The number of ether oxygens (including phenoxy) is 1. The minimum absolute atomic E-state index is 0.00820. The van der Waals surface area contributed by atoms with E-state index in [4.69, 9.17) is 10.5 Å². The molecule has 1 amide bonds. The Bertz CT molecular complexity index is 447. The average Bonchev–Trinajstić information content (AvgIpc) is 2.35. The summed E-state index contributed by atoms with van der Waals surface area (Å²) < 4.78 is 6.48. The van der Waals surface area contributed by atoms with E-state index in [1.807, 2.05) is 25.1 Å². The lowest BCUT2D eigenvalue weighted by atomic mass is 10.1. The summed E-state index contributed by atoms with van der Waals surface area (Å²) in [5.74, 6) is 1.11. The largest absolute Gasteiger partial charge is 0.483 e. The molecule has 1 aromatic carbocycles. The van der Waals surface area contributed by atoms with Crippen LogP contribution in [0.25, 0.3) is 0 Å². The van der Waals surface area contributed by atoms with Crippen molar-refractivity contribution in [2.24, 2.45) is 11.7 Å². The Labute approximate surface area is 129 Å². The quantitative estimate of drug-likeness (QED) is 0.800. The molecule has 5 heteroatoms. The molecule has 0 aliphatic rings. The van der Waals surface area contributed by atoms with Crippen LogP contribution in [-0.4, -0.2) is 19.1 Å². The van der Waals surface area contributed by atoms with Gasteiger partial charge < -0.3 is 15.8 Å². The first-order valence-corrected chi connectivity index (χ1v) is 7.64. The van der Waals surface area contributed by atoms with Crippen molar-refractivity contribution >= 4 is 21.8 Å². The zero-order valence-corrected chi connectivity index (χ0v) is 13.9. The van der Waals surface area contributed by atoms with Gasteiger partial charge in [-0.1, -0.05) is 35.8 Å². The van der Waals surface area contributed by atoms with Gasteiger partial charge in [-0.05, 0) is 31.4 Å². The number of nitrogens with two attached hydrogens (primary N) is 1. The molecule has 1 aromatic rings. The van der Waals surface area contributed by atoms with Gasteiger partial charge in [0.05, 0.1) is 0 Å². The van der Waals surface area contributed by atoms with E-state index in [-0.39, 0.29) is 18.6 Å². The molecule has 1 unspecified atom stereocenters. The number of nitrogens with one attached hydrogen (secondary N) is 1. The van der Waals surface area contributed by atoms with Gasteiger partial charge in [0.25, 0.3) is 5.91 Å². The van der Waals surface area contributed by atoms with Crippen molar-refractivity contribution in [1.82, 2.24) is 5.32 Å². The average molecular weight is 343 g/mol. The lowest BCUT2D eigenvalue weighted by Crippen LogP contribution is -2.30. The Balaban J connectivity index is 2.52. The highest BCUT2D eigenvalue weighted by Crippen LogP contribution is 2.27. The van der Waals surface area contributed by atoms with Gasteiger partial charge in [-0.15, -0.1) is 0 Å². The van der Waals surface area contributed by atoms with Crippen LogP contribution in [0.3, 0.4) is 0 Å². The molecular formula is C15H23BrN2O2. The summed E-state index contributed by atoms with van der Waals surface area (Å²) in [7, 11) is 0. The fourth-order valence-corrected chi connectivity index (χ4v) is 2.04. The van der Waals surface area contributed by atoms with Gasteiger partial charge in [0.1, 0.15) is 5.75 Å². The van der Waals surface area contributed by atoms with Crippen molar-refractivity contribution in [3.8, 4) is 5.75 Å². The third kappa shape index (κ3) is 5.92. The molecule has 0 fully saturated rings. The van der Waals surface area contributed by atoms with Crippen molar-refractivity contribution in [2.75, 3.05) is 13.2 Å². The molecule has 20 heavy (non-hydrogen) atoms. The Morgan fingerprint density at radius 2 is 2.10 bits per heavy atom. The number of carbonyl (C=O) groups excluding carboxylic acids is 1. The maximum atomic E-state index is 11.7. The van der Waals surface area contributed by atoms with Crippen molar-refractivity contribution in [3.63, 3.8) is 0 Å². The van der Waals surface area contributed by atoms with Crippen LogP contribution < -0.4 is 15.8 Å². The van der Waals surface area contributed by atoms with Gasteiger partial charge in [-0.3, -0.25) is 4.79 Å². The van der Waals surface area contributed by atoms with Crippen LogP contribution in [-0.2, 0) is 4.79 Å². The number of hydrogen-bond acceptors (Lipinski definition) is 3. The highest BCUT2D eigenvalue weighted by atomic mass is 79.9. The maximum Gasteiger partial charge on any atom is 0.257 e. The van der Waals surface area contributed by atoms with E-state index >= 15 is 0 Å². The summed E-state index contributed by atoms with van der Waals surface area (Å²) in [4.78, 5) is 11.7. The van der Waals surface area contributed by atoms with E-state index in [0.29, 0.717) is 18.2 Å². The smallest absolute Gasteiger partial charge is 0.257 e. The second-order valence-electron chi connectivity index (χ2n) is 5.29. The highest BCUT2D eigenvalue weighted by molar-refractivity contribution is 9.10. The van der Waals surface area contributed by atoms with Crippen LogP contribution in [0.2, 0.25) is 0 Å². The molecule has 4 nitrogen and oxygen atoms in total. The maximum absolute atomic E-state index is 11.7. The fourth-order valence-electron chi connectivity index (χ4n) is 1.70. The standard InChI is InChI=1S/C15H23BrN2O2/c1-10(2)6-7-18-15(19)9-20-14-8-12(16)4-5-13(14)11(3)17/h4-5,8,10-11H,6-7,9,17H2,1-3H3,(H,18,19). The number of rotatable bonds is 7. The summed E-state index contributed by atoms with van der Waals surface area (Å²) in [6, 6.07) is 5.51. The molecule has 0 radical (unpaired) electrons. The van der Waals surface area contributed by atoms with Crippen molar-refractivity contribution in [3.05, 3.63) is 28.2 Å². The Hall–Kier alpha value is -1.07. The molecule has 1 atom stereocenters. The van der Waals surface area contributed by atoms with E-state index < -0.39 is 0 Å². The third-order valence-electron chi connectivity index (χ3n) is 2.87. The second kappa shape index (κ2) is 8.27. The monoisotopic (exact) mass is 342 g/mol. The van der Waals surface area contributed by atoms with Gasteiger partial charge in [0, 0.05) is 22.6 Å². The van der Waals surface area contributed by atoms with Gasteiger partial charge >= 0.3 is 0 Å². The minimum Gasteiger partial charge on any atom is -0.483 e. The summed E-state index contributed by atoms with van der Waals surface area (Å²) >= 11 is 3.39. The van der Waals surface area contributed by atoms with Crippen molar-refractivity contribution in [1.29, 1.82) is 0 Å². The molecule has 0 aromatic heterocycles. The second-order valence-corrected chi connectivity index (χ2v) is 6.21. The van der Waals surface area contributed by atoms with Gasteiger partial charge in [-0.25, -0.2) is 0 Å². The van der Waals surface area contributed by atoms with Gasteiger partial charge in [0.2, 0.25) is 0 Å². The summed E-state index contributed by atoms with van der Waals surface area (Å²) in [5.41, 5.74) is 6.78. The molecule has 1 rings (SSSR count). The van der Waals surface area contributed by atoms with Crippen LogP contribution in [0, 0.1) is 5.92 Å².